The number of fused-ring (bicyclic) bond motifs is 1. The third-order valence-electron chi connectivity index (χ3n) is 6.25. The third-order valence-corrected chi connectivity index (χ3v) is 6.25. The lowest BCUT2D eigenvalue weighted by molar-refractivity contribution is -0.119. The first kappa shape index (κ1) is 25.6. The number of amides is 3. The highest BCUT2D eigenvalue weighted by Gasteiger charge is 2.26. The molecule has 1 saturated carbocycles. The molecule has 1 fully saturated rings. The van der Waals surface area contributed by atoms with E-state index in [9.17, 15) is 28.0 Å². The van der Waals surface area contributed by atoms with Gasteiger partial charge in [-0.3, -0.25) is 23.7 Å². The first-order chi connectivity index (χ1) is 18.7. The van der Waals surface area contributed by atoms with Crippen molar-refractivity contribution in [3.8, 4) is 0 Å². The minimum Gasteiger partial charge on any atom is -0.366 e. The van der Waals surface area contributed by atoms with E-state index in [1.165, 1.54) is 36.5 Å². The summed E-state index contributed by atoms with van der Waals surface area (Å²) in [7, 11) is 0. The van der Waals surface area contributed by atoms with Crippen LogP contribution in [0.15, 0.2) is 65.8 Å². The van der Waals surface area contributed by atoms with Gasteiger partial charge in [0.1, 0.15) is 23.5 Å². The molecule has 1 aliphatic carbocycles. The summed E-state index contributed by atoms with van der Waals surface area (Å²) in [4.78, 5) is 58.8. The SMILES string of the molecule is NC(=O)c1ccc(NC(=O)C(Cc2cc(F)cc(F)c2)n2cnc3cc(C(=O)NC4CC4)ccc3c2=O)nc1. The van der Waals surface area contributed by atoms with Crippen molar-refractivity contribution < 1.29 is 23.2 Å². The molecule has 0 radical (unpaired) electrons. The highest BCUT2D eigenvalue weighted by molar-refractivity contribution is 5.98. The maximum atomic E-state index is 13.9. The molecule has 5 rings (SSSR count). The zero-order valence-electron chi connectivity index (χ0n) is 20.4. The second-order valence-electron chi connectivity index (χ2n) is 9.22. The van der Waals surface area contributed by atoms with Crippen molar-refractivity contribution in [2.75, 3.05) is 5.32 Å². The zero-order valence-corrected chi connectivity index (χ0v) is 20.4. The average molecular weight is 533 g/mol. The Morgan fingerprint density at radius 1 is 1.00 bits per heavy atom. The molecule has 0 aliphatic heterocycles. The van der Waals surface area contributed by atoms with E-state index >= 15 is 0 Å². The van der Waals surface area contributed by atoms with Crippen LogP contribution in [-0.2, 0) is 11.2 Å². The van der Waals surface area contributed by atoms with Gasteiger partial charge < -0.3 is 16.4 Å². The van der Waals surface area contributed by atoms with Crippen LogP contribution in [0.25, 0.3) is 10.9 Å². The summed E-state index contributed by atoms with van der Waals surface area (Å²) in [5.74, 6) is -3.31. The normalized spacial score (nSPS) is 13.6. The predicted octanol–water partition coefficient (Wildman–Crippen LogP) is 2.48. The van der Waals surface area contributed by atoms with Gasteiger partial charge in [0.05, 0.1) is 22.8 Å². The fraction of sp³-hybridized carbons (Fsp3) is 0.185. The number of carbonyl (C=O) groups excluding carboxylic acids is 3. The van der Waals surface area contributed by atoms with Gasteiger partial charge in [-0.05, 0) is 60.9 Å². The molecule has 1 unspecified atom stereocenters. The second kappa shape index (κ2) is 10.4. The van der Waals surface area contributed by atoms with Crippen LogP contribution in [0.5, 0.6) is 0 Å². The fourth-order valence-corrected chi connectivity index (χ4v) is 4.09. The van der Waals surface area contributed by atoms with Gasteiger partial charge in [-0.1, -0.05) is 0 Å². The standard InChI is InChI=1S/C27H22F2N6O4/c28-17-7-14(8-18(29)11-17)9-22(26(38)34-23-6-2-16(12-31-23)24(30)36)35-13-32-21-10-15(1-5-20(21)27(35)39)25(37)33-19-3-4-19/h1-2,5-8,10-13,19,22H,3-4,9H2,(H2,30,36)(H,33,37)(H,31,34,38). The molecule has 0 bridgehead atoms. The highest BCUT2D eigenvalue weighted by Crippen LogP contribution is 2.21. The summed E-state index contributed by atoms with van der Waals surface area (Å²) in [6, 6.07) is 8.84. The summed E-state index contributed by atoms with van der Waals surface area (Å²) >= 11 is 0. The molecule has 4 aromatic rings. The summed E-state index contributed by atoms with van der Waals surface area (Å²) in [5, 5.41) is 5.56. The van der Waals surface area contributed by atoms with E-state index in [2.05, 4.69) is 20.6 Å². The largest absolute Gasteiger partial charge is 0.366 e. The third kappa shape index (κ3) is 5.79. The van der Waals surface area contributed by atoms with Gasteiger partial charge in [0.25, 0.3) is 11.5 Å². The van der Waals surface area contributed by atoms with Crippen molar-refractivity contribution in [2.45, 2.75) is 31.3 Å². The Hall–Kier alpha value is -5.00. The molecule has 1 aliphatic rings. The number of halogens is 2. The first-order valence-corrected chi connectivity index (χ1v) is 12.0. The van der Waals surface area contributed by atoms with Gasteiger partial charge in [-0.15, -0.1) is 0 Å². The lowest BCUT2D eigenvalue weighted by atomic mass is 10.0. The second-order valence-corrected chi connectivity index (χ2v) is 9.22. The van der Waals surface area contributed by atoms with Crippen molar-refractivity contribution in [3.63, 3.8) is 0 Å². The van der Waals surface area contributed by atoms with E-state index in [4.69, 9.17) is 5.73 Å². The van der Waals surface area contributed by atoms with Gasteiger partial charge in [-0.25, -0.2) is 18.7 Å². The molecule has 2 aromatic heterocycles. The average Bonchev–Trinajstić information content (AvgIpc) is 3.71. The molecule has 1 atom stereocenters. The van der Waals surface area contributed by atoms with Gasteiger partial charge in [0.2, 0.25) is 11.8 Å². The van der Waals surface area contributed by atoms with Gasteiger partial charge in [-0.2, -0.15) is 0 Å². The maximum absolute atomic E-state index is 13.9. The van der Waals surface area contributed by atoms with E-state index < -0.39 is 35.0 Å². The minimum atomic E-state index is -1.29. The van der Waals surface area contributed by atoms with E-state index in [0.717, 1.165) is 35.9 Å². The Morgan fingerprint density at radius 3 is 2.36 bits per heavy atom. The number of nitrogens with two attached hydrogens (primary N) is 1. The number of hydrogen-bond donors (Lipinski definition) is 3. The highest BCUT2D eigenvalue weighted by atomic mass is 19.1. The number of anilines is 1. The van der Waals surface area contributed by atoms with Gasteiger partial charge >= 0.3 is 0 Å². The van der Waals surface area contributed by atoms with E-state index in [1.54, 1.807) is 0 Å². The number of nitrogens with one attached hydrogen (secondary N) is 2. The topological polar surface area (TPSA) is 149 Å². The van der Waals surface area contributed by atoms with Crippen molar-refractivity contribution in [1.29, 1.82) is 0 Å². The van der Waals surface area contributed by atoms with E-state index in [-0.39, 0.29) is 46.2 Å². The molecular weight excluding hydrogens is 510 g/mol. The number of rotatable bonds is 8. The molecule has 2 aromatic carbocycles. The molecule has 0 saturated heterocycles. The molecule has 4 N–H and O–H groups in total. The van der Waals surface area contributed by atoms with E-state index in [1.807, 2.05) is 0 Å². The van der Waals surface area contributed by atoms with Crippen LogP contribution in [-0.4, -0.2) is 38.3 Å². The van der Waals surface area contributed by atoms with Crippen LogP contribution in [0.1, 0.15) is 45.2 Å². The van der Waals surface area contributed by atoms with Gasteiger partial charge in [0, 0.05) is 30.3 Å². The number of nitrogens with zero attached hydrogens (tertiary/aromatic N) is 3. The molecule has 10 nitrogen and oxygen atoms in total. The Bertz CT molecular complexity index is 1650. The molecule has 2 heterocycles. The molecular formula is C27H22F2N6O4. The molecule has 198 valence electrons. The number of aromatic nitrogens is 3. The Morgan fingerprint density at radius 2 is 1.72 bits per heavy atom. The summed E-state index contributed by atoms with van der Waals surface area (Å²) in [5.41, 5.74) is 5.47. The molecule has 0 spiro atoms. The Balaban J connectivity index is 1.50. The van der Waals surface area contributed by atoms with Crippen LogP contribution in [0.4, 0.5) is 14.6 Å². The lowest BCUT2D eigenvalue weighted by Gasteiger charge is -2.20. The molecule has 39 heavy (non-hydrogen) atoms. The number of benzene rings is 2. The van der Waals surface area contributed by atoms with E-state index in [0.29, 0.717) is 11.6 Å². The van der Waals surface area contributed by atoms with Crippen LogP contribution in [0.3, 0.4) is 0 Å². The number of carbonyl (C=O) groups is 3. The van der Waals surface area contributed by atoms with Crippen molar-refractivity contribution in [3.05, 3.63) is 99.7 Å². The van der Waals surface area contributed by atoms with Crippen molar-refractivity contribution in [2.24, 2.45) is 5.73 Å². The van der Waals surface area contributed by atoms with Crippen LogP contribution in [0.2, 0.25) is 0 Å². The van der Waals surface area contributed by atoms with Crippen molar-refractivity contribution >= 4 is 34.4 Å². The van der Waals surface area contributed by atoms with Crippen LogP contribution in [0, 0.1) is 11.6 Å². The maximum Gasteiger partial charge on any atom is 0.261 e. The first-order valence-electron chi connectivity index (χ1n) is 12.0. The summed E-state index contributed by atoms with van der Waals surface area (Å²) in [6.45, 7) is 0. The predicted molar refractivity (Wildman–Crippen MR) is 137 cm³/mol. The smallest absolute Gasteiger partial charge is 0.261 e. The molecule has 12 heteroatoms. The monoisotopic (exact) mass is 532 g/mol. The summed E-state index contributed by atoms with van der Waals surface area (Å²) in [6.07, 6.45) is 3.92. The number of primary amides is 1. The number of hydrogen-bond acceptors (Lipinski definition) is 6. The molecule has 3 amide bonds. The quantitative estimate of drug-likeness (QED) is 0.317. The van der Waals surface area contributed by atoms with Crippen LogP contribution >= 0.6 is 0 Å². The zero-order chi connectivity index (χ0) is 27.7. The summed E-state index contributed by atoms with van der Waals surface area (Å²) < 4.78 is 28.9. The lowest BCUT2D eigenvalue weighted by Crippen LogP contribution is -2.35. The Kier molecular flexibility index (Phi) is 6.84. The number of pyridine rings is 1. The van der Waals surface area contributed by atoms with Gasteiger partial charge in [0.15, 0.2) is 0 Å². The Labute approximate surface area is 219 Å². The van der Waals surface area contributed by atoms with Crippen molar-refractivity contribution in [1.82, 2.24) is 19.9 Å². The minimum absolute atomic E-state index is 0.0635. The fourth-order valence-electron chi connectivity index (χ4n) is 4.09. The van der Waals surface area contributed by atoms with Crippen LogP contribution < -0.4 is 21.9 Å².